The molecule has 2 nitrogen and oxygen atoms in total. The molecule has 0 heterocycles. The summed E-state index contributed by atoms with van der Waals surface area (Å²) in [6.45, 7) is 2.02. The van der Waals surface area contributed by atoms with Crippen LogP contribution in [0.1, 0.15) is 11.1 Å². The maximum absolute atomic E-state index is 11.4. The van der Waals surface area contributed by atoms with Crippen molar-refractivity contribution in [3.8, 4) is 0 Å². The van der Waals surface area contributed by atoms with E-state index in [-0.39, 0.29) is 0 Å². The van der Waals surface area contributed by atoms with Crippen molar-refractivity contribution < 1.29 is 4.21 Å². The van der Waals surface area contributed by atoms with Crippen molar-refractivity contribution in [2.75, 3.05) is 12.5 Å². The molecule has 0 radical (unpaired) electrons. The number of thioether (sulfide) groups is 1. The second kappa shape index (κ2) is 5.37. The lowest BCUT2D eigenvalue weighted by Crippen LogP contribution is -2.03. The topological polar surface area (TPSA) is 43.1 Å². The van der Waals surface area contributed by atoms with Crippen LogP contribution in [0.25, 0.3) is 5.70 Å². The van der Waals surface area contributed by atoms with E-state index in [1.54, 1.807) is 6.26 Å². The molecule has 0 saturated carbocycles. The molecule has 2 N–H and O–H groups in total. The molecule has 15 heavy (non-hydrogen) atoms. The van der Waals surface area contributed by atoms with E-state index in [1.807, 2.05) is 37.4 Å². The van der Waals surface area contributed by atoms with E-state index < -0.39 is 10.8 Å². The van der Waals surface area contributed by atoms with E-state index in [4.69, 9.17) is 5.73 Å². The molecule has 1 unspecified atom stereocenters. The first kappa shape index (κ1) is 12.3. The molecule has 1 aromatic carbocycles. The minimum atomic E-state index is -1.02. The Labute approximate surface area is 97.4 Å². The van der Waals surface area contributed by atoms with Gasteiger partial charge in [0.1, 0.15) is 0 Å². The van der Waals surface area contributed by atoms with Gasteiger partial charge in [-0.3, -0.25) is 4.21 Å². The van der Waals surface area contributed by atoms with Gasteiger partial charge in [0.15, 0.2) is 0 Å². The molecular weight excluding hydrogens is 226 g/mol. The second-order valence-electron chi connectivity index (χ2n) is 3.23. The van der Waals surface area contributed by atoms with Crippen molar-refractivity contribution in [1.29, 1.82) is 0 Å². The summed E-state index contributed by atoms with van der Waals surface area (Å²) in [5.74, 6) is 0. The lowest BCUT2D eigenvalue weighted by molar-refractivity contribution is 0.691. The average molecular weight is 241 g/mol. The van der Waals surface area contributed by atoms with Gasteiger partial charge in [-0.15, -0.1) is 11.8 Å². The molecule has 0 aromatic heterocycles. The van der Waals surface area contributed by atoms with Crippen LogP contribution < -0.4 is 5.73 Å². The SMILES string of the molecule is CSC(=C(N)c1ccc(C)cc1)S(C)=O. The molecule has 1 aromatic rings. The standard InChI is InChI=1S/C11H15NOS2/c1-8-4-6-9(7-5-8)10(12)11(14-2)15(3)13/h4-7H,12H2,1-3H3. The summed E-state index contributed by atoms with van der Waals surface area (Å²) in [6, 6.07) is 7.90. The summed E-state index contributed by atoms with van der Waals surface area (Å²) in [4.78, 5) is 0. The molecule has 0 bridgehead atoms. The van der Waals surface area contributed by atoms with Crippen molar-refractivity contribution in [2.24, 2.45) is 5.73 Å². The van der Waals surface area contributed by atoms with Gasteiger partial charge >= 0.3 is 0 Å². The average Bonchev–Trinajstić information content (AvgIpc) is 2.19. The summed E-state index contributed by atoms with van der Waals surface area (Å²) in [7, 11) is -1.02. The third-order valence-electron chi connectivity index (χ3n) is 2.03. The zero-order valence-electron chi connectivity index (χ0n) is 9.11. The van der Waals surface area contributed by atoms with Crippen LogP contribution in [0.5, 0.6) is 0 Å². The highest BCUT2D eigenvalue weighted by Gasteiger charge is 2.08. The first-order valence-corrected chi connectivity index (χ1v) is 7.28. The van der Waals surface area contributed by atoms with Crippen molar-refractivity contribution in [1.82, 2.24) is 0 Å². The van der Waals surface area contributed by atoms with E-state index in [0.29, 0.717) is 5.70 Å². The molecule has 0 aliphatic heterocycles. The Balaban J connectivity index is 3.16. The van der Waals surface area contributed by atoms with Gasteiger partial charge in [0.25, 0.3) is 0 Å². The predicted molar refractivity (Wildman–Crippen MR) is 69.9 cm³/mol. The van der Waals surface area contributed by atoms with Gasteiger partial charge in [0, 0.05) is 6.26 Å². The van der Waals surface area contributed by atoms with Gasteiger partial charge in [0.2, 0.25) is 0 Å². The highest BCUT2D eigenvalue weighted by atomic mass is 32.2. The van der Waals surface area contributed by atoms with Crippen LogP contribution in [0, 0.1) is 6.92 Å². The molecule has 1 atom stereocenters. The molecule has 4 heteroatoms. The number of aryl methyl sites for hydroxylation is 1. The lowest BCUT2D eigenvalue weighted by Gasteiger charge is -2.07. The molecule has 0 aliphatic carbocycles. The summed E-state index contributed by atoms with van der Waals surface area (Å²) in [5, 5.41) is 0. The molecule has 1 rings (SSSR count). The van der Waals surface area contributed by atoms with Crippen LogP contribution >= 0.6 is 11.8 Å². The number of hydrogen-bond acceptors (Lipinski definition) is 3. The Morgan fingerprint density at radius 2 is 1.87 bits per heavy atom. The minimum Gasteiger partial charge on any atom is -0.397 e. The van der Waals surface area contributed by atoms with Crippen LogP contribution in [0.3, 0.4) is 0 Å². The smallest absolute Gasteiger partial charge is 0.0946 e. The Morgan fingerprint density at radius 1 is 1.33 bits per heavy atom. The zero-order valence-corrected chi connectivity index (χ0v) is 10.7. The fraction of sp³-hybridized carbons (Fsp3) is 0.273. The lowest BCUT2D eigenvalue weighted by atomic mass is 10.1. The van der Waals surface area contributed by atoms with E-state index in [1.165, 1.54) is 17.3 Å². The van der Waals surface area contributed by atoms with Crippen molar-refractivity contribution in [3.63, 3.8) is 0 Å². The third-order valence-corrected chi connectivity index (χ3v) is 4.57. The number of nitrogens with two attached hydrogens (primary N) is 1. The van der Waals surface area contributed by atoms with Crippen LogP contribution in [-0.4, -0.2) is 16.7 Å². The number of hydrogen-bond donors (Lipinski definition) is 1. The first-order chi connectivity index (χ1) is 7.06. The largest absolute Gasteiger partial charge is 0.397 e. The van der Waals surface area contributed by atoms with E-state index in [9.17, 15) is 4.21 Å². The minimum absolute atomic E-state index is 0.614. The molecule has 82 valence electrons. The van der Waals surface area contributed by atoms with Crippen LogP contribution in [0.4, 0.5) is 0 Å². The quantitative estimate of drug-likeness (QED) is 0.883. The van der Waals surface area contributed by atoms with Crippen LogP contribution in [0.2, 0.25) is 0 Å². The second-order valence-corrected chi connectivity index (χ2v) is 5.62. The van der Waals surface area contributed by atoms with Crippen molar-refractivity contribution in [2.45, 2.75) is 6.92 Å². The highest BCUT2D eigenvalue weighted by molar-refractivity contribution is 8.16. The molecule has 0 spiro atoms. The Bertz CT molecular complexity index is 396. The van der Waals surface area contributed by atoms with E-state index in [0.717, 1.165) is 9.80 Å². The van der Waals surface area contributed by atoms with Gasteiger partial charge in [-0.1, -0.05) is 29.8 Å². The van der Waals surface area contributed by atoms with Crippen molar-refractivity contribution >= 4 is 28.3 Å². The highest BCUT2D eigenvalue weighted by Crippen LogP contribution is 2.23. The van der Waals surface area contributed by atoms with Gasteiger partial charge in [0.05, 0.1) is 20.7 Å². The molecule has 0 saturated heterocycles. The summed E-state index contributed by atoms with van der Waals surface area (Å²) in [6.07, 6.45) is 3.53. The first-order valence-electron chi connectivity index (χ1n) is 4.50. The van der Waals surface area contributed by atoms with Gasteiger partial charge in [-0.2, -0.15) is 0 Å². The Kier molecular flexibility index (Phi) is 4.42. The molecule has 0 fully saturated rings. The zero-order chi connectivity index (χ0) is 11.4. The summed E-state index contributed by atoms with van der Waals surface area (Å²) >= 11 is 1.44. The molecule has 0 aliphatic rings. The summed E-state index contributed by atoms with van der Waals surface area (Å²) in [5.41, 5.74) is 8.70. The van der Waals surface area contributed by atoms with Crippen LogP contribution in [0.15, 0.2) is 28.5 Å². The van der Waals surface area contributed by atoms with E-state index in [2.05, 4.69) is 0 Å². The van der Waals surface area contributed by atoms with Crippen LogP contribution in [-0.2, 0) is 10.8 Å². The monoisotopic (exact) mass is 241 g/mol. The van der Waals surface area contributed by atoms with Gasteiger partial charge in [-0.05, 0) is 18.7 Å². The summed E-state index contributed by atoms with van der Waals surface area (Å²) < 4.78 is 12.1. The maximum Gasteiger partial charge on any atom is 0.0946 e. The predicted octanol–water partition coefficient (Wildman–Crippen LogP) is 2.32. The van der Waals surface area contributed by atoms with E-state index >= 15 is 0 Å². The molecular formula is C11H15NOS2. The van der Waals surface area contributed by atoms with Gasteiger partial charge < -0.3 is 5.73 Å². The fourth-order valence-electron chi connectivity index (χ4n) is 1.23. The fourth-order valence-corrected chi connectivity index (χ4v) is 2.94. The van der Waals surface area contributed by atoms with Crippen molar-refractivity contribution in [3.05, 3.63) is 39.6 Å². The molecule has 0 amide bonds. The third kappa shape index (κ3) is 3.11. The normalized spacial score (nSPS) is 14.6. The van der Waals surface area contributed by atoms with Gasteiger partial charge in [-0.25, -0.2) is 0 Å². The Morgan fingerprint density at radius 3 is 2.27 bits per heavy atom. The maximum atomic E-state index is 11.4. The Hall–Kier alpha value is -0.740. The number of rotatable bonds is 3. The number of benzene rings is 1.